The van der Waals surface area contributed by atoms with Crippen molar-refractivity contribution < 1.29 is 5.11 Å². The average molecular weight is 173 g/mol. The predicted molar refractivity (Wildman–Crippen MR) is 53.2 cm³/mol. The van der Waals surface area contributed by atoms with Crippen molar-refractivity contribution in [2.24, 2.45) is 5.41 Å². The Morgan fingerprint density at radius 3 is 2.17 bits per heavy atom. The van der Waals surface area contributed by atoms with E-state index in [9.17, 15) is 5.11 Å². The van der Waals surface area contributed by atoms with E-state index in [-0.39, 0.29) is 6.10 Å². The van der Waals surface area contributed by atoms with Crippen molar-refractivity contribution in [3.8, 4) is 0 Å². The van der Waals surface area contributed by atoms with E-state index >= 15 is 0 Å². The summed E-state index contributed by atoms with van der Waals surface area (Å²) in [6, 6.07) is 0. The fourth-order valence-corrected chi connectivity index (χ4v) is 1.92. The minimum atomic E-state index is -0.117. The Balaban J connectivity index is 0.000000561. The third-order valence-corrected chi connectivity index (χ3v) is 2.01. The average Bonchev–Trinajstić information content (AvgIpc) is 1.85. The second kappa shape index (κ2) is 4.83. The second-order valence-corrected chi connectivity index (χ2v) is 4.22. The minimum absolute atomic E-state index is 0.117. The van der Waals surface area contributed by atoms with Crippen molar-refractivity contribution in [1.29, 1.82) is 0 Å². The van der Waals surface area contributed by atoms with Gasteiger partial charge in [0.05, 0.1) is 6.10 Å². The molecule has 12 heavy (non-hydrogen) atoms. The quantitative estimate of drug-likeness (QED) is 0.603. The first-order chi connectivity index (χ1) is 5.49. The van der Waals surface area contributed by atoms with Gasteiger partial charge >= 0.3 is 0 Å². The first kappa shape index (κ1) is 11.9. The van der Waals surface area contributed by atoms with Crippen molar-refractivity contribution in [2.75, 3.05) is 20.1 Å². The maximum absolute atomic E-state index is 9.37. The molecule has 0 spiro atoms. The molecule has 0 aromatic rings. The largest absolute Gasteiger partial charge is 0.392 e. The lowest BCUT2D eigenvalue weighted by Crippen LogP contribution is -2.44. The van der Waals surface area contributed by atoms with Crippen LogP contribution < -0.4 is 0 Å². The van der Waals surface area contributed by atoms with E-state index in [1.54, 1.807) is 0 Å². The maximum Gasteiger partial charge on any atom is 0.0672 e. The van der Waals surface area contributed by atoms with E-state index in [2.05, 4.69) is 25.8 Å². The van der Waals surface area contributed by atoms with Crippen LogP contribution in [0.15, 0.2) is 0 Å². The number of hydrogen-bond acceptors (Lipinski definition) is 2. The monoisotopic (exact) mass is 173 g/mol. The molecule has 1 aliphatic rings. The molecule has 0 radical (unpaired) electrons. The standard InChI is InChI=1S/C8H17NO.C2H6/c1-8(2)4-7(10)5-9(3)6-8;1-2/h7,10H,4-6H2,1-3H3;1-2H3. The van der Waals surface area contributed by atoms with Crippen LogP contribution in [0.4, 0.5) is 0 Å². The van der Waals surface area contributed by atoms with Crippen LogP contribution in [0.2, 0.25) is 0 Å². The van der Waals surface area contributed by atoms with Gasteiger partial charge in [0, 0.05) is 13.1 Å². The molecule has 1 rings (SSSR count). The summed E-state index contributed by atoms with van der Waals surface area (Å²) in [5, 5.41) is 9.37. The number of nitrogens with zero attached hydrogens (tertiary/aromatic N) is 1. The topological polar surface area (TPSA) is 23.5 Å². The van der Waals surface area contributed by atoms with Crippen molar-refractivity contribution in [3.05, 3.63) is 0 Å². The zero-order valence-corrected chi connectivity index (χ0v) is 9.09. The number of β-amino-alcohol motifs (C(OH)–C–C–N with tert-alkyl or cyclic N) is 1. The van der Waals surface area contributed by atoms with Gasteiger partial charge in [0.2, 0.25) is 0 Å². The molecule has 2 nitrogen and oxygen atoms in total. The lowest BCUT2D eigenvalue weighted by atomic mass is 9.83. The predicted octanol–water partition coefficient (Wildman–Crippen LogP) is 1.74. The number of likely N-dealkylation sites (N-methyl/N-ethyl adjacent to an activating group) is 1. The van der Waals surface area contributed by atoms with Crippen LogP contribution in [0.5, 0.6) is 0 Å². The molecule has 1 atom stereocenters. The molecule has 1 unspecified atom stereocenters. The summed E-state index contributed by atoms with van der Waals surface area (Å²) in [7, 11) is 2.06. The van der Waals surface area contributed by atoms with Gasteiger partial charge in [-0.3, -0.25) is 0 Å². The van der Waals surface area contributed by atoms with Crippen molar-refractivity contribution in [2.45, 2.75) is 40.2 Å². The number of rotatable bonds is 0. The molecule has 0 saturated carbocycles. The molecule has 0 aliphatic carbocycles. The molecule has 74 valence electrons. The summed E-state index contributed by atoms with van der Waals surface area (Å²) in [6.07, 6.45) is 0.825. The number of aliphatic hydroxyl groups excluding tert-OH is 1. The molecule has 1 saturated heterocycles. The van der Waals surface area contributed by atoms with Crippen LogP contribution in [-0.4, -0.2) is 36.2 Å². The SMILES string of the molecule is CC.CN1CC(O)CC(C)(C)C1. The van der Waals surface area contributed by atoms with Gasteiger partial charge in [-0.25, -0.2) is 0 Å². The third-order valence-electron chi connectivity index (χ3n) is 2.01. The Morgan fingerprint density at radius 2 is 1.83 bits per heavy atom. The van der Waals surface area contributed by atoms with Gasteiger partial charge < -0.3 is 10.0 Å². The highest BCUT2D eigenvalue weighted by molar-refractivity contribution is 4.82. The van der Waals surface area contributed by atoms with E-state index in [4.69, 9.17) is 0 Å². The molecule has 2 heteroatoms. The Morgan fingerprint density at radius 1 is 1.33 bits per heavy atom. The summed E-state index contributed by atoms with van der Waals surface area (Å²) in [5.41, 5.74) is 0.298. The van der Waals surface area contributed by atoms with Crippen LogP contribution in [0.1, 0.15) is 34.1 Å². The van der Waals surface area contributed by atoms with E-state index in [1.807, 2.05) is 13.8 Å². The minimum Gasteiger partial charge on any atom is -0.392 e. The van der Waals surface area contributed by atoms with Gasteiger partial charge in [-0.2, -0.15) is 0 Å². The van der Waals surface area contributed by atoms with E-state index < -0.39 is 0 Å². The number of likely N-dealkylation sites (tertiary alicyclic amines) is 1. The van der Waals surface area contributed by atoms with Crippen LogP contribution >= 0.6 is 0 Å². The second-order valence-electron chi connectivity index (χ2n) is 4.22. The zero-order valence-electron chi connectivity index (χ0n) is 9.09. The smallest absolute Gasteiger partial charge is 0.0672 e. The number of aliphatic hydroxyl groups is 1. The molecule has 1 N–H and O–H groups in total. The molecule has 1 fully saturated rings. The summed E-state index contributed by atoms with van der Waals surface area (Å²) in [4.78, 5) is 2.19. The summed E-state index contributed by atoms with van der Waals surface area (Å²) in [6.45, 7) is 10.3. The summed E-state index contributed by atoms with van der Waals surface area (Å²) >= 11 is 0. The molecule has 0 amide bonds. The molecule has 1 heterocycles. The van der Waals surface area contributed by atoms with E-state index in [0.29, 0.717) is 5.41 Å². The van der Waals surface area contributed by atoms with Crippen LogP contribution in [0.25, 0.3) is 0 Å². The fraction of sp³-hybridized carbons (Fsp3) is 1.00. The van der Waals surface area contributed by atoms with Gasteiger partial charge in [-0.15, -0.1) is 0 Å². The summed E-state index contributed by atoms with van der Waals surface area (Å²) in [5.74, 6) is 0. The maximum atomic E-state index is 9.37. The first-order valence-electron chi connectivity index (χ1n) is 4.86. The Labute approximate surface area is 76.6 Å². The van der Waals surface area contributed by atoms with Gasteiger partial charge in [0.1, 0.15) is 0 Å². The third kappa shape index (κ3) is 4.07. The highest BCUT2D eigenvalue weighted by Crippen LogP contribution is 2.27. The summed E-state index contributed by atoms with van der Waals surface area (Å²) < 4.78 is 0. The van der Waals surface area contributed by atoms with E-state index in [0.717, 1.165) is 19.5 Å². The van der Waals surface area contributed by atoms with Gasteiger partial charge in [-0.1, -0.05) is 27.7 Å². The van der Waals surface area contributed by atoms with Gasteiger partial charge in [0.15, 0.2) is 0 Å². The Kier molecular flexibility index (Phi) is 4.80. The first-order valence-corrected chi connectivity index (χ1v) is 4.86. The highest BCUT2D eigenvalue weighted by atomic mass is 16.3. The normalized spacial score (nSPS) is 29.0. The lowest BCUT2D eigenvalue weighted by molar-refractivity contribution is 0.0187. The Bertz CT molecular complexity index is 111. The van der Waals surface area contributed by atoms with Crippen molar-refractivity contribution >= 4 is 0 Å². The van der Waals surface area contributed by atoms with Gasteiger partial charge in [0.25, 0.3) is 0 Å². The zero-order chi connectivity index (χ0) is 9.78. The fourth-order valence-electron chi connectivity index (χ4n) is 1.92. The van der Waals surface area contributed by atoms with Crippen LogP contribution in [0, 0.1) is 5.41 Å². The lowest BCUT2D eigenvalue weighted by Gasteiger charge is -2.38. The molecular weight excluding hydrogens is 150 g/mol. The van der Waals surface area contributed by atoms with E-state index in [1.165, 1.54) is 0 Å². The molecule has 0 aromatic carbocycles. The highest BCUT2D eigenvalue weighted by Gasteiger charge is 2.29. The molecule has 0 aromatic heterocycles. The van der Waals surface area contributed by atoms with Crippen molar-refractivity contribution in [3.63, 3.8) is 0 Å². The number of hydrogen-bond donors (Lipinski definition) is 1. The Hall–Kier alpha value is -0.0800. The van der Waals surface area contributed by atoms with Crippen molar-refractivity contribution in [1.82, 2.24) is 4.90 Å². The molecular formula is C10H23NO. The molecule has 1 aliphatic heterocycles. The van der Waals surface area contributed by atoms with Crippen LogP contribution in [-0.2, 0) is 0 Å². The molecule has 0 bridgehead atoms. The van der Waals surface area contributed by atoms with Gasteiger partial charge in [-0.05, 0) is 18.9 Å². The van der Waals surface area contributed by atoms with Crippen LogP contribution in [0.3, 0.4) is 0 Å². The number of piperidine rings is 1.